The maximum atomic E-state index is 11.7. The van der Waals surface area contributed by atoms with Crippen molar-refractivity contribution in [2.75, 3.05) is 6.54 Å². The standard InChI is InChI=1S/C13H19N3O/c1-10-5-4-8-14-12(10)9-16-11-6-2-3-7-15-13(11)17/h4-5,8,11,16H,2-3,6-7,9H2,1H3,(H,15,17). The monoisotopic (exact) mass is 233 g/mol. The van der Waals surface area contributed by atoms with Crippen LogP contribution in [0.1, 0.15) is 30.5 Å². The highest BCUT2D eigenvalue weighted by Crippen LogP contribution is 2.08. The van der Waals surface area contributed by atoms with Crippen LogP contribution in [-0.2, 0) is 11.3 Å². The summed E-state index contributed by atoms with van der Waals surface area (Å²) >= 11 is 0. The zero-order valence-corrected chi connectivity index (χ0v) is 10.2. The van der Waals surface area contributed by atoms with Gasteiger partial charge in [-0.3, -0.25) is 9.78 Å². The third-order valence-electron chi connectivity index (χ3n) is 3.17. The number of hydrogen-bond acceptors (Lipinski definition) is 3. The van der Waals surface area contributed by atoms with Crippen molar-refractivity contribution in [3.05, 3.63) is 29.6 Å². The molecular weight excluding hydrogens is 214 g/mol. The Kier molecular flexibility index (Phi) is 4.09. The summed E-state index contributed by atoms with van der Waals surface area (Å²) < 4.78 is 0. The Bertz CT molecular complexity index is 392. The number of carbonyl (C=O) groups is 1. The summed E-state index contributed by atoms with van der Waals surface area (Å²) in [6.45, 7) is 3.50. The Balaban J connectivity index is 1.93. The van der Waals surface area contributed by atoms with E-state index >= 15 is 0 Å². The molecule has 1 aromatic rings. The van der Waals surface area contributed by atoms with Crippen molar-refractivity contribution in [3.8, 4) is 0 Å². The molecule has 17 heavy (non-hydrogen) atoms. The fourth-order valence-electron chi connectivity index (χ4n) is 2.06. The van der Waals surface area contributed by atoms with Gasteiger partial charge in [-0.2, -0.15) is 0 Å². The molecule has 1 fully saturated rings. The first-order valence-corrected chi connectivity index (χ1v) is 6.19. The van der Waals surface area contributed by atoms with Gasteiger partial charge < -0.3 is 10.6 Å². The molecule has 92 valence electrons. The van der Waals surface area contributed by atoms with E-state index in [1.807, 2.05) is 19.1 Å². The van der Waals surface area contributed by atoms with E-state index < -0.39 is 0 Å². The molecule has 1 amide bonds. The summed E-state index contributed by atoms with van der Waals surface area (Å²) in [5.74, 6) is 0.121. The molecule has 2 heterocycles. The fraction of sp³-hybridized carbons (Fsp3) is 0.538. The van der Waals surface area contributed by atoms with E-state index in [4.69, 9.17) is 0 Å². The van der Waals surface area contributed by atoms with Gasteiger partial charge in [0, 0.05) is 19.3 Å². The van der Waals surface area contributed by atoms with Gasteiger partial charge >= 0.3 is 0 Å². The molecule has 1 atom stereocenters. The smallest absolute Gasteiger partial charge is 0.237 e. The molecule has 0 radical (unpaired) electrons. The molecule has 0 bridgehead atoms. The highest BCUT2D eigenvalue weighted by Gasteiger charge is 2.19. The van der Waals surface area contributed by atoms with Crippen LogP contribution in [0.3, 0.4) is 0 Å². The third kappa shape index (κ3) is 3.27. The lowest BCUT2D eigenvalue weighted by atomic mass is 10.1. The van der Waals surface area contributed by atoms with E-state index in [9.17, 15) is 4.79 Å². The van der Waals surface area contributed by atoms with Gasteiger partial charge in [-0.15, -0.1) is 0 Å². The van der Waals surface area contributed by atoms with E-state index in [0.29, 0.717) is 6.54 Å². The van der Waals surface area contributed by atoms with Gasteiger partial charge in [-0.05, 0) is 37.8 Å². The van der Waals surface area contributed by atoms with Crippen LogP contribution in [0.2, 0.25) is 0 Å². The molecule has 4 heteroatoms. The number of nitrogens with zero attached hydrogens (tertiary/aromatic N) is 1. The molecule has 1 aliphatic heterocycles. The van der Waals surface area contributed by atoms with Crippen LogP contribution in [0.4, 0.5) is 0 Å². The van der Waals surface area contributed by atoms with Crippen LogP contribution in [0.25, 0.3) is 0 Å². The van der Waals surface area contributed by atoms with Crippen molar-refractivity contribution < 1.29 is 4.79 Å². The van der Waals surface area contributed by atoms with Gasteiger partial charge in [0.05, 0.1) is 11.7 Å². The van der Waals surface area contributed by atoms with Gasteiger partial charge in [0.15, 0.2) is 0 Å². The summed E-state index contributed by atoms with van der Waals surface area (Å²) in [6.07, 6.45) is 4.87. The van der Waals surface area contributed by atoms with Crippen LogP contribution in [0, 0.1) is 6.92 Å². The predicted molar refractivity (Wildman–Crippen MR) is 66.5 cm³/mol. The summed E-state index contributed by atoms with van der Waals surface area (Å²) in [5, 5.41) is 6.22. The zero-order chi connectivity index (χ0) is 12.1. The molecule has 2 N–H and O–H groups in total. The maximum absolute atomic E-state index is 11.7. The lowest BCUT2D eigenvalue weighted by Crippen LogP contribution is -2.42. The molecule has 4 nitrogen and oxygen atoms in total. The number of aromatic nitrogens is 1. The summed E-state index contributed by atoms with van der Waals surface area (Å²) in [7, 11) is 0. The average Bonchev–Trinajstić information content (AvgIpc) is 2.53. The SMILES string of the molecule is Cc1cccnc1CNC1CCCCNC1=O. The van der Waals surface area contributed by atoms with Crippen LogP contribution >= 0.6 is 0 Å². The van der Waals surface area contributed by atoms with E-state index in [0.717, 1.165) is 37.1 Å². The minimum atomic E-state index is -0.0705. The molecule has 0 spiro atoms. The summed E-state index contributed by atoms with van der Waals surface area (Å²) in [6, 6.07) is 3.90. The molecule has 0 aromatic carbocycles. The molecule has 1 saturated heterocycles. The highest BCUT2D eigenvalue weighted by molar-refractivity contribution is 5.81. The first-order valence-electron chi connectivity index (χ1n) is 6.19. The number of rotatable bonds is 3. The Morgan fingerprint density at radius 1 is 1.53 bits per heavy atom. The quantitative estimate of drug-likeness (QED) is 0.823. The van der Waals surface area contributed by atoms with Crippen LogP contribution < -0.4 is 10.6 Å². The largest absolute Gasteiger partial charge is 0.355 e. The second-order valence-corrected chi connectivity index (χ2v) is 4.49. The normalized spacial score (nSPS) is 20.8. The number of aryl methyl sites for hydroxylation is 1. The topological polar surface area (TPSA) is 54.0 Å². The van der Waals surface area contributed by atoms with Crippen molar-refractivity contribution >= 4 is 5.91 Å². The minimum absolute atomic E-state index is 0.0705. The van der Waals surface area contributed by atoms with Crippen molar-refractivity contribution in [3.63, 3.8) is 0 Å². The second kappa shape index (κ2) is 5.77. The van der Waals surface area contributed by atoms with Gasteiger partial charge in [0.1, 0.15) is 0 Å². The molecule has 1 aliphatic rings. The molecular formula is C13H19N3O. The first kappa shape index (κ1) is 12.0. The van der Waals surface area contributed by atoms with Crippen LogP contribution in [-0.4, -0.2) is 23.5 Å². The van der Waals surface area contributed by atoms with Gasteiger partial charge in [-0.25, -0.2) is 0 Å². The Morgan fingerprint density at radius 2 is 2.41 bits per heavy atom. The van der Waals surface area contributed by atoms with E-state index in [2.05, 4.69) is 15.6 Å². The minimum Gasteiger partial charge on any atom is -0.355 e. The maximum Gasteiger partial charge on any atom is 0.237 e. The number of hydrogen-bond donors (Lipinski definition) is 2. The third-order valence-corrected chi connectivity index (χ3v) is 3.17. The molecule has 0 aliphatic carbocycles. The van der Waals surface area contributed by atoms with Crippen molar-refractivity contribution in [2.45, 2.75) is 38.8 Å². The second-order valence-electron chi connectivity index (χ2n) is 4.49. The summed E-state index contributed by atoms with van der Waals surface area (Å²) in [4.78, 5) is 16.0. The molecule has 1 unspecified atom stereocenters. The first-order chi connectivity index (χ1) is 8.27. The van der Waals surface area contributed by atoms with Crippen molar-refractivity contribution in [2.24, 2.45) is 0 Å². The number of nitrogens with one attached hydrogen (secondary N) is 2. The predicted octanol–water partition coefficient (Wildman–Crippen LogP) is 1.15. The fourth-order valence-corrected chi connectivity index (χ4v) is 2.06. The lowest BCUT2D eigenvalue weighted by Gasteiger charge is -2.15. The van der Waals surface area contributed by atoms with Gasteiger partial charge in [0.25, 0.3) is 0 Å². The van der Waals surface area contributed by atoms with Crippen molar-refractivity contribution in [1.29, 1.82) is 0 Å². The van der Waals surface area contributed by atoms with E-state index in [-0.39, 0.29) is 11.9 Å². The van der Waals surface area contributed by atoms with Gasteiger partial charge in [0.2, 0.25) is 5.91 Å². The van der Waals surface area contributed by atoms with Crippen LogP contribution in [0.5, 0.6) is 0 Å². The molecule has 2 rings (SSSR count). The number of carbonyl (C=O) groups excluding carboxylic acids is 1. The van der Waals surface area contributed by atoms with Crippen LogP contribution in [0.15, 0.2) is 18.3 Å². The van der Waals surface area contributed by atoms with Gasteiger partial charge in [-0.1, -0.05) is 6.07 Å². The Morgan fingerprint density at radius 3 is 3.24 bits per heavy atom. The Labute approximate surface area is 102 Å². The number of pyridine rings is 1. The average molecular weight is 233 g/mol. The summed E-state index contributed by atoms with van der Waals surface area (Å²) in [5.41, 5.74) is 2.18. The van der Waals surface area contributed by atoms with E-state index in [1.54, 1.807) is 6.20 Å². The molecule has 1 aromatic heterocycles. The molecule has 0 saturated carbocycles. The lowest BCUT2D eigenvalue weighted by molar-refractivity contribution is -0.122. The highest BCUT2D eigenvalue weighted by atomic mass is 16.2. The van der Waals surface area contributed by atoms with Crippen molar-refractivity contribution in [1.82, 2.24) is 15.6 Å². The Hall–Kier alpha value is -1.42. The number of amides is 1. The van der Waals surface area contributed by atoms with E-state index in [1.165, 1.54) is 0 Å². The zero-order valence-electron chi connectivity index (χ0n) is 10.2.